The largest absolute Gasteiger partial charge is 0.469 e. The number of benzene rings is 1. The lowest BCUT2D eigenvalue weighted by molar-refractivity contribution is -0.141. The zero-order valence-electron chi connectivity index (χ0n) is 35.7. The van der Waals surface area contributed by atoms with Crippen LogP contribution >= 0.6 is 11.3 Å². The Bertz CT molecular complexity index is 1800. The van der Waals surface area contributed by atoms with Crippen LogP contribution in [0.5, 0.6) is 0 Å². The number of hydrogen-bond acceptors (Lipinski definition) is 11. The SMILES string of the molecule is COC(=O)C[C@@H](NC(=O)C(NC(=O)C(NC1=NCC(=O)N2CC[C@@H](C)[C@H]2C(=O)N[C@@H](C(C)C)C(=O)NC1C(C)(C)C)C(C)(C)C)[C@@H](C)c1ccccc1)c1nccs1. The first-order valence-electron chi connectivity index (χ1n) is 20.0. The van der Waals surface area contributed by atoms with E-state index in [4.69, 9.17) is 9.73 Å². The summed E-state index contributed by atoms with van der Waals surface area (Å²) < 4.78 is 4.91. The minimum atomic E-state index is -1.12. The predicted octanol–water partition coefficient (Wildman–Crippen LogP) is 3.48. The van der Waals surface area contributed by atoms with Gasteiger partial charge < -0.3 is 36.2 Å². The Morgan fingerprint density at radius 1 is 0.966 bits per heavy atom. The van der Waals surface area contributed by atoms with Gasteiger partial charge in [0, 0.05) is 24.0 Å². The number of nitrogens with one attached hydrogen (secondary N) is 5. The van der Waals surface area contributed by atoms with Crippen LogP contribution in [0.15, 0.2) is 46.9 Å². The van der Waals surface area contributed by atoms with E-state index < -0.39 is 76.7 Å². The zero-order valence-corrected chi connectivity index (χ0v) is 36.5. The van der Waals surface area contributed by atoms with Crippen molar-refractivity contribution in [3.63, 3.8) is 0 Å². The molecule has 1 aromatic carbocycles. The minimum Gasteiger partial charge on any atom is -0.469 e. The fourth-order valence-electron chi connectivity index (χ4n) is 7.34. The Labute approximate surface area is 346 Å². The maximum atomic E-state index is 14.8. The van der Waals surface area contributed by atoms with Crippen LogP contribution in [-0.2, 0) is 33.5 Å². The Morgan fingerprint density at radius 2 is 1.64 bits per heavy atom. The van der Waals surface area contributed by atoms with Crippen LogP contribution in [0.25, 0.3) is 0 Å². The summed E-state index contributed by atoms with van der Waals surface area (Å²) in [5, 5.41) is 17.6. The first-order chi connectivity index (χ1) is 27.1. The Balaban J connectivity index is 1.76. The van der Waals surface area contributed by atoms with Gasteiger partial charge in [-0.2, -0.15) is 0 Å². The molecule has 3 unspecified atom stereocenters. The van der Waals surface area contributed by atoms with Crippen LogP contribution in [-0.4, -0.2) is 102 Å². The molecule has 16 heteroatoms. The van der Waals surface area contributed by atoms with Crippen LogP contribution in [0.4, 0.5) is 0 Å². The molecule has 3 heterocycles. The van der Waals surface area contributed by atoms with Crippen LogP contribution in [0, 0.1) is 22.7 Å². The second-order valence-electron chi connectivity index (χ2n) is 17.9. The predicted molar refractivity (Wildman–Crippen MR) is 223 cm³/mol. The quantitative estimate of drug-likeness (QED) is 0.211. The molecule has 0 aliphatic carbocycles. The average Bonchev–Trinajstić information content (AvgIpc) is 3.83. The van der Waals surface area contributed by atoms with Gasteiger partial charge in [0.1, 0.15) is 41.6 Å². The summed E-state index contributed by atoms with van der Waals surface area (Å²) in [6, 6.07) is 3.83. The molecule has 0 saturated carbocycles. The lowest BCUT2D eigenvalue weighted by Gasteiger charge is -2.39. The van der Waals surface area contributed by atoms with Crippen molar-refractivity contribution in [2.75, 3.05) is 20.2 Å². The number of nitrogens with zero attached hydrogens (tertiary/aromatic N) is 3. The van der Waals surface area contributed by atoms with Crippen molar-refractivity contribution in [2.24, 2.45) is 27.7 Å². The van der Waals surface area contributed by atoms with Gasteiger partial charge in [-0.25, -0.2) is 4.98 Å². The first kappa shape index (κ1) is 45.8. The number of ether oxygens (including phenoxy) is 1. The molecule has 58 heavy (non-hydrogen) atoms. The summed E-state index contributed by atoms with van der Waals surface area (Å²) in [4.78, 5) is 93.8. The van der Waals surface area contributed by atoms with E-state index in [2.05, 4.69) is 31.6 Å². The van der Waals surface area contributed by atoms with Gasteiger partial charge in [0.25, 0.3) is 0 Å². The van der Waals surface area contributed by atoms with Gasteiger partial charge in [-0.3, -0.25) is 33.8 Å². The van der Waals surface area contributed by atoms with Gasteiger partial charge in [-0.05, 0) is 34.7 Å². The molecule has 1 fully saturated rings. The molecule has 0 bridgehead atoms. The van der Waals surface area contributed by atoms with Crippen molar-refractivity contribution in [3.8, 4) is 0 Å². The Hall–Kier alpha value is -4.86. The van der Waals surface area contributed by atoms with Gasteiger partial charge in [0.15, 0.2) is 0 Å². The van der Waals surface area contributed by atoms with Crippen molar-refractivity contribution in [2.45, 2.75) is 124 Å². The first-order valence-corrected chi connectivity index (χ1v) is 20.8. The second-order valence-corrected chi connectivity index (χ2v) is 18.8. The average molecular weight is 823 g/mol. The maximum absolute atomic E-state index is 14.8. The zero-order chi connectivity index (χ0) is 43.1. The minimum absolute atomic E-state index is 0.124. The standard InChI is InChI=1S/C42H62N8O7S/c1-23(2)30-36(53)49-33(41(5,6)7)35(44-22-28(51)50-19-17-24(3)32(50)38(55)46-30)48-34(42(8,9)10)39(56)47-31(25(4)26-15-13-12-14-16-26)37(54)45-27(21-29(52)57-11)40-43-18-20-58-40/h12-16,18,20,23-25,27,30-34H,17,19,21-22H2,1-11H3,(H,44,48)(H,45,54)(H,46,55)(H,47,56)(H,49,53)/t24-,25+,27-,30+,31?,32+,33?,34?/m1/s1. The van der Waals surface area contributed by atoms with E-state index >= 15 is 0 Å². The molecule has 2 aliphatic heterocycles. The molecule has 8 atom stereocenters. The number of amides is 5. The molecular formula is C42H62N8O7S. The highest BCUT2D eigenvalue weighted by molar-refractivity contribution is 7.09. The number of aliphatic imine (C=N–C) groups is 1. The maximum Gasteiger partial charge on any atom is 0.308 e. The van der Waals surface area contributed by atoms with Gasteiger partial charge >= 0.3 is 5.97 Å². The molecule has 318 valence electrons. The summed E-state index contributed by atoms with van der Waals surface area (Å²) in [7, 11) is 1.27. The van der Waals surface area contributed by atoms with E-state index in [0.717, 1.165) is 5.56 Å². The fraction of sp³-hybridized carbons (Fsp3) is 0.619. The van der Waals surface area contributed by atoms with E-state index in [1.165, 1.54) is 23.3 Å². The number of carbonyl (C=O) groups is 6. The highest BCUT2D eigenvalue weighted by atomic mass is 32.1. The molecule has 0 radical (unpaired) electrons. The molecule has 5 N–H and O–H groups in total. The summed E-state index contributed by atoms with van der Waals surface area (Å²) in [6.07, 6.45) is 2.04. The Morgan fingerprint density at radius 3 is 2.21 bits per heavy atom. The van der Waals surface area contributed by atoms with Gasteiger partial charge in [0.2, 0.25) is 29.5 Å². The number of thiazole rings is 1. The van der Waals surface area contributed by atoms with Crippen molar-refractivity contribution >= 4 is 52.7 Å². The molecule has 15 nitrogen and oxygen atoms in total. The van der Waals surface area contributed by atoms with Crippen molar-refractivity contribution in [1.29, 1.82) is 0 Å². The molecule has 2 aliphatic rings. The van der Waals surface area contributed by atoms with Crippen LogP contribution in [0.1, 0.15) is 105 Å². The summed E-state index contributed by atoms with van der Waals surface area (Å²) in [5.74, 6) is -3.49. The number of fused-ring (bicyclic) bond motifs is 1. The highest BCUT2D eigenvalue weighted by Gasteiger charge is 2.44. The molecule has 1 saturated heterocycles. The normalized spacial score (nSPS) is 22.8. The summed E-state index contributed by atoms with van der Waals surface area (Å²) >= 11 is 1.28. The van der Waals surface area contributed by atoms with Crippen molar-refractivity contribution in [3.05, 3.63) is 52.5 Å². The smallest absolute Gasteiger partial charge is 0.308 e. The third-order valence-electron chi connectivity index (χ3n) is 10.8. The third-order valence-corrected chi connectivity index (χ3v) is 11.7. The number of carbonyl (C=O) groups excluding carboxylic acids is 6. The number of rotatable bonds is 11. The molecule has 1 aromatic heterocycles. The molecule has 2 aromatic rings. The summed E-state index contributed by atoms with van der Waals surface area (Å²) in [6.45, 7) is 18.8. The van der Waals surface area contributed by atoms with E-state index in [-0.39, 0.29) is 42.5 Å². The lowest BCUT2D eigenvalue weighted by Crippen LogP contribution is -2.65. The van der Waals surface area contributed by atoms with Gasteiger partial charge in [0.05, 0.1) is 25.6 Å². The van der Waals surface area contributed by atoms with Crippen LogP contribution < -0.4 is 26.6 Å². The van der Waals surface area contributed by atoms with E-state index in [1.54, 1.807) is 11.6 Å². The number of amidine groups is 1. The number of aromatic nitrogens is 1. The molecule has 0 spiro atoms. The third kappa shape index (κ3) is 11.4. The molecule has 5 amide bonds. The second kappa shape index (κ2) is 19.3. The fourth-order valence-corrected chi connectivity index (χ4v) is 8.03. The van der Waals surface area contributed by atoms with Crippen LogP contribution in [0.3, 0.4) is 0 Å². The number of methoxy groups -OCH3 is 1. The Kier molecular flexibility index (Phi) is 15.2. The van der Waals surface area contributed by atoms with E-state index in [9.17, 15) is 28.8 Å². The lowest BCUT2D eigenvalue weighted by atomic mass is 9.82. The van der Waals surface area contributed by atoms with Gasteiger partial charge in [-0.15, -0.1) is 11.3 Å². The van der Waals surface area contributed by atoms with E-state index in [1.807, 2.05) is 99.6 Å². The van der Waals surface area contributed by atoms with Crippen molar-refractivity contribution < 1.29 is 33.5 Å². The van der Waals surface area contributed by atoms with Gasteiger partial charge in [-0.1, -0.05) is 99.6 Å². The number of esters is 1. The summed E-state index contributed by atoms with van der Waals surface area (Å²) in [5.41, 5.74) is -0.707. The number of hydrogen-bond donors (Lipinski definition) is 5. The van der Waals surface area contributed by atoms with Crippen LogP contribution in [0.2, 0.25) is 0 Å². The molecular weight excluding hydrogens is 761 g/mol. The monoisotopic (exact) mass is 822 g/mol. The topological polar surface area (TPSA) is 200 Å². The molecule has 4 rings (SSSR count). The van der Waals surface area contributed by atoms with Crippen molar-refractivity contribution in [1.82, 2.24) is 36.5 Å². The van der Waals surface area contributed by atoms with E-state index in [0.29, 0.717) is 18.0 Å². The highest BCUT2D eigenvalue weighted by Crippen LogP contribution is 2.29.